The van der Waals surface area contributed by atoms with Crippen molar-refractivity contribution in [2.75, 3.05) is 5.75 Å². The molecule has 1 aromatic rings. The molecule has 0 spiro atoms. The van der Waals surface area contributed by atoms with E-state index in [9.17, 15) is 18.0 Å². The number of amides is 1. The van der Waals surface area contributed by atoms with Crippen LogP contribution in [0.3, 0.4) is 0 Å². The van der Waals surface area contributed by atoms with Gasteiger partial charge < -0.3 is 10.1 Å². The van der Waals surface area contributed by atoms with Crippen molar-refractivity contribution in [2.45, 2.75) is 6.36 Å². The Morgan fingerprint density at radius 3 is 2.44 bits per heavy atom. The third-order valence-electron chi connectivity index (χ3n) is 1.89. The molecule has 0 aromatic heterocycles. The second-order valence-corrected chi connectivity index (χ2v) is 4.26. The van der Waals surface area contributed by atoms with E-state index >= 15 is 0 Å². The number of thioether (sulfide) groups is 1. The third kappa shape index (κ3) is 3.66. The number of ether oxygens (including phenoxy) is 1. The van der Waals surface area contributed by atoms with E-state index in [0.717, 1.165) is 12.1 Å². The third-order valence-corrected chi connectivity index (χ3v) is 2.76. The van der Waals surface area contributed by atoms with E-state index in [1.165, 1.54) is 23.9 Å². The average molecular weight is 276 g/mol. The number of carbonyl (C=O) groups excluding carboxylic acids is 1. The zero-order valence-electron chi connectivity index (χ0n) is 8.82. The number of benzene rings is 1. The lowest BCUT2D eigenvalue weighted by Crippen LogP contribution is -2.19. The second-order valence-electron chi connectivity index (χ2n) is 3.30. The molecule has 1 aliphatic heterocycles. The first-order valence-electron chi connectivity index (χ1n) is 4.79. The van der Waals surface area contributed by atoms with E-state index in [1.54, 1.807) is 0 Å². The molecule has 1 amide bonds. The molecule has 2 rings (SSSR count). The van der Waals surface area contributed by atoms with Gasteiger partial charge in [-0.3, -0.25) is 4.79 Å². The van der Waals surface area contributed by atoms with Crippen molar-refractivity contribution in [3.8, 4) is 5.75 Å². The predicted octanol–water partition coefficient (Wildman–Crippen LogP) is 2.44. The highest BCUT2D eigenvalue weighted by atomic mass is 32.2. The monoisotopic (exact) mass is 276 g/mol. The highest BCUT2D eigenvalue weighted by Gasteiger charge is 2.30. The minimum Gasteiger partial charge on any atom is -0.406 e. The van der Waals surface area contributed by atoms with Crippen LogP contribution in [-0.2, 0) is 4.79 Å². The number of nitrogens with zero attached hydrogens (tertiary/aromatic N) is 1. The number of hydrogen-bond donors (Lipinski definition) is 1. The van der Waals surface area contributed by atoms with Gasteiger partial charge in [0.15, 0.2) is 5.17 Å². The van der Waals surface area contributed by atoms with Crippen molar-refractivity contribution < 1.29 is 22.7 Å². The number of rotatable bonds is 2. The first-order chi connectivity index (χ1) is 8.42. The van der Waals surface area contributed by atoms with E-state index in [1.807, 2.05) is 0 Å². The minimum atomic E-state index is -4.71. The maximum Gasteiger partial charge on any atom is 0.573 e. The van der Waals surface area contributed by atoms with Crippen LogP contribution in [0.2, 0.25) is 0 Å². The van der Waals surface area contributed by atoms with Crippen molar-refractivity contribution in [1.29, 1.82) is 0 Å². The van der Waals surface area contributed by atoms with E-state index < -0.39 is 6.36 Å². The van der Waals surface area contributed by atoms with Crippen LogP contribution in [0.25, 0.3) is 0 Å². The average Bonchev–Trinajstić information content (AvgIpc) is 2.65. The van der Waals surface area contributed by atoms with Crippen LogP contribution in [0.5, 0.6) is 5.75 Å². The molecule has 1 N–H and O–H groups in total. The van der Waals surface area contributed by atoms with Crippen LogP contribution in [0, 0.1) is 0 Å². The molecule has 4 nitrogen and oxygen atoms in total. The molecule has 1 saturated heterocycles. The van der Waals surface area contributed by atoms with E-state index in [0.29, 0.717) is 16.6 Å². The summed E-state index contributed by atoms with van der Waals surface area (Å²) in [5.74, 6) is -0.154. The zero-order chi connectivity index (χ0) is 13.2. The smallest absolute Gasteiger partial charge is 0.406 e. The number of carbonyl (C=O) groups is 1. The number of alkyl halides is 3. The maximum absolute atomic E-state index is 11.9. The van der Waals surface area contributed by atoms with Gasteiger partial charge in [-0.05, 0) is 24.3 Å². The molecule has 0 saturated carbocycles. The van der Waals surface area contributed by atoms with E-state index in [4.69, 9.17) is 0 Å². The second kappa shape index (κ2) is 4.89. The van der Waals surface area contributed by atoms with Gasteiger partial charge in [-0.2, -0.15) is 0 Å². The Morgan fingerprint density at radius 2 is 1.94 bits per heavy atom. The summed E-state index contributed by atoms with van der Waals surface area (Å²) < 4.78 is 39.5. The van der Waals surface area contributed by atoms with Crippen LogP contribution in [0.15, 0.2) is 29.3 Å². The number of hydrogen-bond acceptors (Lipinski definition) is 4. The van der Waals surface area contributed by atoms with Crippen LogP contribution in [0.1, 0.15) is 0 Å². The fourth-order valence-corrected chi connectivity index (χ4v) is 1.92. The van der Waals surface area contributed by atoms with Gasteiger partial charge in [-0.15, -0.1) is 13.2 Å². The Labute approximate surface area is 104 Å². The summed E-state index contributed by atoms with van der Waals surface area (Å²) in [7, 11) is 0. The first kappa shape index (κ1) is 12.7. The SMILES string of the molecule is O=C1CSC(=Nc2ccc(OC(F)(F)F)cc2)N1. The van der Waals surface area contributed by atoms with Crippen molar-refractivity contribution in [2.24, 2.45) is 4.99 Å². The fraction of sp³-hybridized carbons (Fsp3) is 0.200. The summed E-state index contributed by atoms with van der Waals surface area (Å²) in [5.41, 5.74) is 0.439. The number of halogens is 3. The van der Waals surface area contributed by atoms with Gasteiger partial charge in [0.2, 0.25) is 5.91 Å². The predicted molar refractivity (Wildman–Crippen MR) is 60.8 cm³/mol. The molecule has 0 unspecified atom stereocenters. The summed E-state index contributed by atoms with van der Waals surface area (Å²) in [6.45, 7) is 0. The fourth-order valence-electron chi connectivity index (χ4n) is 1.23. The summed E-state index contributed by atoms with van der Waals surface area (Å²) in [6, 6.07) is 5.07. The number of nitrogens with one attached hydrogen (secondary N) is 1. The lowest BCUT2D eigenvalue weighted by Gasteiger charge is -2.08. The maximum atomic E-state index is 11.9. The van der Waals surface area contributed by atoms with Crippen molar-refractivity contribution >= 4 is 28.5 Å². The number of amidine groups is 1. The summed E-state index contributed by atoms with van der Waals surface area (Å²) in [5, 5.41) is 2.95. The lowest BCUT2D eigenvalue weighted by molar-refractivity contribution is -0.274. The normalized spacial score (nSPS) is 17.9. The Bertz CT molecular complexity index is 485. The Morgan fingerprint density at radius 1 is 1.28 bits per heavy atom. The molecule has 1 fully saturated rings. The molecule has 1 aromatic carbocycles. The van der Waals surface area contributed by atoms with Gasteiger partial charge in [0.25, 0.3) is 0 Å². The van der Waals surface area contributed by atoms with Crippen LogP contribution < -0.4 is 10.1 Å². The number of aliphatic imine (C=N–C) groups is 1. The molecule has 96 valence electrons. The highest BCUT2D eigenvalue weighted by Crippen LogP contribution is 2.25. The van der Waals surface area contributed by atoms with Crippen LogP contribution in [0.4, 0.5) is 18.9 Å². The molecule has 0 atom stereocenters. The first-order valence-corrected chi connectivity index (χ1v) is 5.78. The summed E-state index contributed by atoms with van der Waals surface area (Å²) in [4.78, 5) is 15.0. The van der Waals surface area contributed by atoms with Gasteiger partial charge in [0, 0.05) is 0 Å². The molecule has 8 heteroatoms. The van der Waals surface area contributed by atoms with E-state index in [2.05, 4.69) is 15.0 Å². The highest BCUT2D eigenvalue weighted by molar-refractivity contribution is 8.15. The molecule has 0 aliphatic carbocycles. The Hall–Kier alpha value is -1.70. The molecule has 0 bridgehead atoms. The quantitative estimate of drug-likeness (QED) is 0.902. The Kier molecular flexibility index (Phi) is 3.46. The Balaban J connectivity index is 2.06. The van der Waals surface area contributed by atoms with Crippen molar-refractivity contribution in [1.82, 2.24) is 5.32 Å². The summed E-state index contributed by atoms with van der Waals surface area (Å²) >= 11 is 1.24. The minimum absolute atomic E-state index is 0.143. The molecular formula is C10H7F3N2O2S. The van der Waals surface area contributed by atoms with Gasteiger partial charge in [0.1, 0.15) is 5.75 Å². The summed E-state index contributed by atoms with van der Waals surface area (Å²) in [6.07, 6.45) is -4.71. The topological polar surface area (TPSA) is 50.7 Å². The van der Waals surface area contributed by atoms with Gasteiger partial charge in [0.05, 0.1) is 11.4 Å². The largest absolute Gasteiger partial charge is 0.573 e. The lowest BCUT2D eigenvalue weighted by atomic mass is 10.3. The van der Waals surface area contributed by atoms with Crippen LogP contribution in [-0.4, -0.2) is 23.2 Å². The van der Waals surface area contributed by atoms with Gasteiger partial charge in [-0.25, -0.2) is 4.99 Å². The molecular weight excluding hydrogens is 269 g/mol. The van der Waals surface area contributed by atoms with Gasteiger partial charge >= 0.3 is 6.36 Å². The van der Waals surface area contributed by atoms with Crippen molar-refractivity contribution in [3.63, 3.8) is 0 Å². The molecule has 1 aliphatic rings. The molecule has 18 heavy (non-hydrogen) atoms. The van der Waals surface area contributed by atoms with Crippen LogP contribution >= 0.6 is 11.8 Å². The van der Waals surface area contributed by atoms with Gasteiger partial charge in [-0.1, -0.05) is 11.8 Å². The molecule has 1 heterocycles. The molecule has 0 radical (unpaired) electrons. The standard InChI is InChI=1S/C10H7F3N2O2S/c11-10(12,13)17-7-3-1-6(2-4-7)14-9-15-8(16)5-18-9/h1-4H,5H2,(H,14,15,16). The van der Waals surface area contributed by atoms with Crippen molar-refractivity contribution in [3.05, 3.63) is 24.3 Å². The zero-order valence-corrected chi connectivity index (χ0v) is 9.64. The van der Waals surface area contributed by atoms with E-state index in [-0.39, 0.29) is 11.7 Å².